The van der Waals surface area contributed by atoms with Crippen LogP contribution in [0.25, 0.3) is 0 Å². The number of rotatable bonds is 3. The van der Waals surface area contributed by atoms with Crippen LogP contribution in [-0.4, -0.2) is 60.8 Å². The molecule has 1 rings (SSSR count). The fourth-order valence-electron chi connectivity index (χ4n) is 2.02. The SMILES string of the molecule is CC(C)C1CN(CCO)CCN1C. The zero-order valence-corrected chi connectivity index (χ0v) is 9.03. The Hall–Kier alpha value is -0.120. The molecule has 0 amide bonds. The largest absolute Gasteiger partial charge is 0.395 e. The molecule has 3 heteroatoms. The van der Waals surface area contributed by atoms with E-state index >= 15 is 0 Å². The highest BCUT2D eigenvalue weighted by atomic mass is 16.3. The second kappa shape index (κ2) is 4.94. The van der Waals surface area contributed by atoms with Gasteiger partial charge in [-0.25, -0.2) is 0 Å². The van der Waals surface area contributed by atoms with Crippen LogP contribution in [0.1, 0.15) is 13.8 Å². The van der Waals surface area contributed by atoms with Crippen LogP contribution in [0, 0.1) is 5.92 Å². The Bertz CT molecular complexity index is 150. The molecular weight excluding hydrogens is 164 g/mol. The van der Waals surface area contributed by atoms with Crippen molar-refractivity contribution in [2.45, 2.75) is 19.9 Å². The minimum absolute atomic E-state index is 0.286. The molecule has 0 aromatic heterocycles. The van der Waals surface area contributed by atoms with Crippen LogP contribution in [0.3, 0.4) is 0 Å². The smallest absolute Gasteiger partial charge is 0.0558 e. The van der Waals surface area contributed by atoms with E-state index in [-0.39, 0.29) is 6.61 Å². The van der Waals surface area contributed by atoms with E-state index in [0.717, 1.165) is 26.2 Å². The summed E-state index contributed by atoms with van der Waals surface area (Å²) >= 11 is 0. The third-order valence-corrected chi connectivity index (χ3v) is 2.97. The molecular formula is C10H22N2O. The Balaban J connectivity index is 2.43. The van der Waals surface area contributed by atoms with E-state index in [1.54, 1.807) is 0 Å². The van der Waals surface area contributed by atoms with Gasteiger partial charge in [0.15, 0.2) is 0 Å². The first-order chi connectivity index (χ1) is 6.15. The predicted octanol–water partition coefficient (Wildman–Crippen LogP) is 0.251. The van der Waals surface area contributed by atoms with Crippen LogP contribution in [0.5, 0.6) is 0 Å². The second-order valence-electron chi connectivity index (χ2n) is 4.32. The van der Waals surface area contributed by atoms with Crippen LogP contribution in [0.4, 0.5) is 0 Å². The fraction of sp³-hybridized carbons (Fsp3) is 1.00. The zero-order chi connectivity index (χ0) is 9.84. The van der Waals surface area contributed by atoms with Crippen LogP contribution in [-0.2, 0) is 0 Å². The Labute approximate surface area is 81.3 Å². The highest BCUT2D eigenvalue weighted by Crippen LogP contribution is 2.14. The van der Waals surface area contributed by atoms with Gasteiger partial charge in [-0.15, -0.1) is 0 Å². The number of aliphatic hydroxyl groups is 1. The van der Waals surface area contributed by atoms with E-state index in [1.165, 1.54) is 0 Å². The maximum Gasteiger partial charge on any atom is 0.0558 e. The molecule has 1 unspecified atom stereocenters. The molecule has 1 fully saturated rings. The highest BCUT2D eigenvalue weighted by Gasteiger charge is 2.25. The number of hydrogen-bond donors (Lipinski definition) is 1. The first-order valence-electron chi connectivity index (χ1n) is 5.18. The topological polar surface area (TPSA) is 26.7 Å². The summed E-state index contributed by atoms with van der Waals surface area (Å²) in [6, 6.07) is 0.653. The summed E-state index contributed by atoms with van der Waals surface area (Å²) in [6.07, 6.45) is 0. The molecule has 0 radical (unpaired) electrons. The van der Waals surface area contributed by atoms with E-state index in [4.69, 9.17) is 5.11 Å². The average molecular weight is 186 g/mol. The lowest BCUT2D eigenvalue weighted by atomic mass is 10.0. The molecule has 1 saturated heterocycles. The number of nitrogens with zero attached hydrogens (tertiary/aromatic N) is 2. The third kappa shape index (κ3) is 2.93. The van der Waals surface area contributed by atoms with Crippen LogP contribution in [0.2, 0.25) is 0 Å². The van der Waals surface area contributed by atoms with Crippen molar-refractivity contribution in [3.8, 4) is 0 Å². The number of aliphatic hydroxyl groups excluding tert-OH is 1. The molecule has 0 bridgehead atoms. The van der Waals surface area contributed by atoms with Crippen LogP contribution < -0.4 is 0 Å². The summed E-state index contributed by atoms with van der Waals surface area (Å²) in [4.78, 5) is 4.78. The molecule has 1 aliphatic rings. The Kier molecular flexibility index (Phi) is 4.16. The molecule has 1 atom stereocenters. The summed E-state index contributed by atoms with van der Waals surface area (Å²) in [7, 11) is 2.20. The van der Waals surface area contributed by atoms with E-state index in [0.29, 0.717) is 12.0 Å². The normalized spacial score (nSPS) is 27.0. The fourth-order valence-corrected chi connectivity index (χ4v) is 2.02. The summed E-state index contributed by atoms with van der Waals surface area (Å²) < 4.78 is 0. The summed E-state index contributed by atoms with van der Waals surface area (Å²) in [6.45, 7) is 8.98. The first-order valence-corrected chi connectivity index (χ1v) is 5.18. The van der Waals surface area contributed by atoms with Crippen LogP contribution in [0.15, 0.2) is 0 Å². The Morgan fingerprint density at radius 3 is 2.62 bits per heavy atom. The predicted molar refractivity (Wildman–Crippen MR) is 54.8 cm³/mol. The lowest BCUT2D eigenvalue weighted by Gasteiger charge is -2.41. The van der Waals surface area contributed by atoms with Gasteiger partial charge in [-0.05, 0) is 13.0 Å². The summed E-state index contributed by atoms with van der Waals surface area (Å²) in [5.41, 5.74) is 0. The van der Waals surface area contributed by atoms with E-state index in [1.807, 2.05) is 0 Å². The first kappa shape index (κ1) is 11.0. The molecule has 1 aliphatic heterocycles. The number of likely N-dealkylation sites (N-methyl/N-ethyl adjacent to an activating group) is 1. The molecule has 0 aromatic carbocycles. The van der Waals surface area contributed by atoms with E-state index in [2.05, 4.69) is 30.7 Å². The number of β-amino-alcohol motifs (C(OH)–C–C–N with tert-alkyl or cyclic N) is 1. The van der Waals surface area contributed by atoms with Gasteiger partial charge in [0, 0.05) is 32.2 Å². The van der Waals surface area contributed by atoms with Gasteiger partial charge in [-0.1, -0.05) is 13.8 Å². The molecule has 1 N–H and O–H groups in total. The maximum atomic E-state index is 8.85. The minimum Gasteiger partial charge on any atom is -0.395 e. The van der Waals surface area contributed by atoms with Gasteiger partial charge in [0.05, 0.1) is 6.61 Å². The average Bonchev–Trinajstić information content (AvgIpc) is 2.08. The zero-order valence-electron chi connectivity index (χ0n) is 9.03. The monoisotopic (exact) mass is 186 g/mol. The molecule has 0 spiro atoms. The van der Waals surface area contributed by atoms with E-state index < -0.39 is 0 Å². The van der Waals surface area contributed by atoms with E-state index in [9.17, 15) is 0 Å². The minimum atomic E-state index is 0.286. The van der Waals surface area contributed by atoms with Crippen LogP contribution >= 0.6 is 0 Å². The van der Waals surface area contributed by atoms with Gasteiger partial charge in [0.2, 0.25) is 0 Å². The lowest BCUT2D eigenvalue weighted by molar-refractivity contribution is 0.0594. The van der Waals surface area contributed by atoms with Gasteiger partial charge in [0.1, 0.15) is 0 Å². The van der Waals surface area contributed by atoms with Crippen molar-refractivity contribution in [3.05, 3.63) is 0 Å². The number of hydrogen-bond acceptors (Lipinski definition) is 3. The molecule has 1 heterocycles. The molecule has 0 aliphatic carbocycles. The van der Waals surface area contributed by atoms with Crippen molar-refractivity contribution in [2.75, 3.05) is 39.8 Å². The van der Waals surface area contributed by atoms with Crippen molar-refractivity contribution in [3.63, 3.8) is 0 Å². The van der Waals surface area contributed by atoms with Gasteiger partial charge in [0.25, 0.3) is 0 Å². The summed E-state index contributed by atoms with van der Waals surface area (Å²) in [5.74, 6) is 0.700. The quantitative estimate of drug-likeness (QED) is 0.684. The molecule has 13 heavy (non-hydrogen) atoms. The van der Waals surface area contributed by atoms with Crippen molar-refractivity contribution in [2.24, 2.45) is 5.92 Å². The van der Waals surface area contributed by atoms with Gasteiger partial charge in [-0.3, -0.25) is 4.90 Å². The Morgan fingerprint density at radius 1 is 1.38 bits per heavy atom. The van der Waals surface area contributed by atoms with Crippen molar-refractivity contribution >= 4 is 0 Å². The summed E-state index contributed by atoms with van der Waals surface area (Å²) in [5, 5.41) is 8.85. The molecule has 0 saturated carbocycles. The van der Waals surface area contributed by atoms with Gasteiger partial charge in [-0.2, -0.15) is 0 Å². The van der Waals surface area contributed by atoms with Gasteiger partial charge < -0.3 is 10.0 Å². The second-order valence-corrected chi connectivity index (χ2v) is 4.32. The van der Waals surface area contributed by atoms with Gasteiger partial charge >= 0.3 is 0 Å². The molecule has 3 nitrogen and oxygen atoms in total. The molecule has 78 valence electrons. The lowest BCUT2D eigenvalue weighted by Crippen LogP contribution is -2.53. The maximum absolute atomic E-state index is 8.85. The van der Waals surface area contributed by atoms with Crippen molar-refractivity contribution in [1.82, 2.24) is 9.80 Å². The Morgan fingerprint density at radius 2 is 2.08 bits per heavy atom. The highest BCUT2D eigenvalue weighted by molar-refractivity contribution is 4.81. The van der Waals surface area contributed by atoms with Crippen molar-refractivity contribution < 1.29 is 5.11 Å². The molecule has 0 aromatic rings. The van der Waals surface area contributed by atoms with Crippen molar-refractivity contribution in [1.29, 1.82) is 0 Å². The third-order valence-electron chi connectivity index (χ3n) is 2.97. The standard InChI is InChI=1S/C10H22N2O/c1-9(2)10-8-12(6-7-13)5-4-11(10)3/h9-10,13H,4-8H2,1-3H3. The number of piperazine rings is 1.